The zero-order chi connectivity index (χ0) is 15.2. The Morgan fingerprint density at radius 2 is 2.38 bits per heavy atom. The van der Waals surface area contributed by atoms with Crippen LogP contribution in [0.15, 0.2) is 18.2 Å². The highest BCUT2D eigenvalue weighted by Crippen LogP contribution is 2.26. The van der Waals surface area contributed by atoms with Gasteiger partial charge in [-0.2, -0.15) is 0 Å². The Labute approximate surface area is 130 Å². The van der Waals surface area contributed by atoms with E-state index in [4.69, 9.17) is 21.1 Å². The van der Waals surface area contributed by atoms with Gasteiger partial charge in [0.2, 0.25) is 0 Å². The summed E-state index contributed by atoms with van der Waals surface area (Å²) in [5.41, 5.74) is 1.05. The lowest BCUT2D eigenvalue weighted by Crippen LogP contribution is -2.41. The summed E-state index contributed by atoms with van der Waals surface area (Å²) in [6, 6.07) is 5.54. The predicted octanol–water partition coefficient (Wildman–Crippen LogP) is 3.10. The predicted molar refractivity (Wildman–Crippen MR) is 82.9 cm³/mol. The van der Waals surface area contributed by atoms with Gasteiger partial charge in [0.05, 0.1) is 11.1 Å². The molecule has 0 bridgehead atoms. The molecule has 0 spiro atoms. The number of amides is 1. The number of carbonyl (C=O) groups is 1. The van der Waals surface area contributed by atoms with E-state index in [0.29, 0.717) is 23.7 Å². The third-order valence-electron chi connectivity index (χ3n) is 3.55. The van der Waals surface area contributed by atoms with Gasteiger partial charge in [-0.1, -0.05) is 24.6 Å². The topological polar surface area (TPSA) is 47.6 Å². The number of hydrogen-bond acceptors (Lipinski definition) is 3. The molecule has 5 heteroatoms. The van der Waals surface area contributed by atoms with Crippen LogP contribution in [-0.2, 0) is 9.53 Å². The fourth-order valence-corrected chi connectivity index (χ4v) is 2.47. The molecule has 1 fully saturated rings. The van der Waals surface area contributed by atoms with Gasteiger partial charge in [-0.05, 0) is 43.9 Å². The molecule has 2 rings (SSSR count). The molecular formula is C16H22ClNO3. The number of aryl methyl sites for hydroxylation is 1. The van der Waals surface area contributed by atoms with Crippen molar-refractivity contribution in [2.75, 3.05) is 13.2 Å². The van der Waals surface area contributed by atoms with Crippen molar-refractivity contribution in [2.24, 2.45) is 0 Å². The third-order valence-corrected chi connectivity index (χ3v) is 3.86. The Morgan fingerprint density at radius 1 is 1.57 bits per heavy atom. The molecule has 116 valence electrons. The molecule has 1 aliphatic rings. The standard InChI is InChI=1S/C16H22ClNO3/c1-3-14(16(19)18-10-12-5-4-8-20-12)21-15-9-11(2)6-7-13(15)17/h6-7,9,12,14H,3-5,8,10H2,1-2H3,(H,18,19)/t12-,14+/m1/s1. The van der Waals surface area contributed by atoms with Gasteiger partial charge in [0, 0.05) is 13.2 Å². The molecule has 4 nitrogen and oxygen atoms in total. The van der Waals surface area contributed by atoms with Crippen molar-refractivity contribution in [1.82, 2.24) is 5.32 Å². The zero-order valence-electron chi connectivity index (χ0n) is 12.5. The normalized spacial score (nSPS) is 19.3. The van der Waals surface area contributed by atoms with Crippen molar-refractivity contribution < 1.29 is 14.3 Å². The smallest absolute Gasteiger partial charge is 0.261 e. The molecular weight excluding hydrogens is 290 g/mol. The maximum atomic E-state index is 12.2. The van der Waals surface area contributed by atoms with Gasteiger partial charge in [0.1, 0.15) is 5.75 Å². The van der Waals surface area contributed by atoms with Gasteiger partial charge in [-0.3, -0.25) is 4.79 Å². The van der Waals surface area contributed by atoms with Crippen LogP contribution in [0.2, 0.25) is 5.02 Å². The van der Waals surface area contributed by atoms with Gasteiger partial charge in [-0.25, -0.2) is 0 Å². The molecule has 1 aromatic rings. The molecule has 0 aliphatic carbocycles. The Bertz CT molecular complexity index is 486. The lowest BCUT2D eigenvalue weighted by molar-refractivity contribution is -0.128. The summed E-state index contributed by atoms with van der Waals surface area (Å²) in [7, 11) is 0. The molecule has 1 N–H and O–H groups in total. The molecule has 21 heavy (non-hydrogen) atoms. The molecule has 1 aromatic carbocycles. The van der Waals surface area contributed by atoms with Crippen LogP contribution in [0, 0.1) is 6.92 Å². The number of carbonyl (C=O) groups excluding carboxylic acids is 1. The van der Waals surface area contributed by atoms with E-state index in [1.807, 2.05) is 26.0 Å². The monoisotopic (exact) mass is 311 g/mol. The summed E-state index contributed by atoms with van der Waals surface area (Å²) >= 11 is 6.11. The average molecular weight is 312 g/mol. The minimum absolute atomic E-state index is 0.120. The first-order chi connectivity index (χ1) is 10.1. The fourth-order valence-electron chi connectivity index (χ4n) is 2.31. The number of nitrogens with one attached hydrogen (secondary N) is 1. The van der Waals surface area contributed by atoms with E-state index >= 15 is 0 Å². The summed E-state index contributed by atoms with van der Waals surface area (Å²) in [5, 5.41) is 3.42. The maximum Gasteiger partial charge on any atom is 0.261 e. The molecule has 0 radical (unpaired) electrons. The largest absolute Gasteiger partial charge is 0.479 e. The van der Waals surface area contributed by atoms with E-state index in [1.165, 1.54) is 0 Å². The van der Waals surface area contributed by atoms with Crippen LogP contribution < -0.4 is 10.1 Å². The van der Waals surface area contributed by atoms with Crippen molar-refractivity contribution in [3.63, 3.8) is 0 Å². The maximum absolute atomic E-state index is 12.2. The minimum atomic E-state index is -0.536. The molecule has 0 aromatic heterocycles. The fraction of sp³-hybridized carbons (Fsp3) is 0.562. The minimum Gasteiger partial charge on any atom is -0.479 e. The molecule has 2 atom stereocenters. The highest BCUT2D eigenvalue weighted by Gasteiger charge is 2.22. The van der Waals surface area contributed by atoms with E-state index in [1.54, 1.807) is 6.07 Å². The van der Waals surface area contributed by atoms with Crippen LogP contribution in [0.25, 0.3) is 0 Å². The van der Waals surface area contributed by atoms with Crippen LogP contribution in [0.1, 0.15) is 31.7 Å². The summed E-state index contributed by atoms with van der Waals surface area (Å²) in [5.74, 6) is 0.432. The van der Waals surface area contributed by atoms with Crippen molar-refractivity contribution in [3.05, 3.63) is 28.8 Å². The molecule has 1 saturated heterocycles. The molecule has 1 aliphatic heterocycles. The van der Waals surface area contributed by atoms with Crippen molar-refractivity contribution in [3.8, 4) is 5.75 Å². The average Bonchev–Trinajstić information content (AvgIpc) is 2.99. The van der Waals surface area contributed by atoms with Crippen molar-refractivity contribution in [2.45, 2.75) is 45.3 Å². The lowest BCUT2D eigenvalue weighted by atomic mass is 10.2. The van der Waals surface area contributed by atoms with Crippen LogP contribution >= 0.6 is 11.6 Å². The number of rotatable bonds is 6. The SMILES string of the molecule is CC[C@H](Oc1cc(C)ccc1Cl)C(=O)NC[C@H]1CCCO1. The van der Waals surface area contributed by atoms with Gasteiger partial charge >= 0.3 is 0 Å². The lowest BCUT2D eigenvalue weighted by Gasteiger charge is -2.19. The number of benzene rings is 1. The second-order valence-electron chi connectivity index (χ2n) is 5.33. The van der Waals surface area contributed by atoms with E-state index in [0.717, 1.165) is 25.0 Å². The first-order valence-electron chi connectivity index (χ1n) is 7.42. The van der Waals surface area contributed by atoms with Gasteiger partial charge in [0.25, 0.3) is 5.91 Å². The van der Waals surface area contributed by atoms with Crippen LogP contribution in [0.3, 0.4) is 0 Å². The van der Waals surface area contributed by atoms with E-state index in [2.05, 4.69) is 5.32 Å². The van der Waals surface area contributed by atoms with Crippen molar-refractivity contribution >= 4 is 17.5 Å². The van der Waals surface area contributed by atoms with Crippen LogP contribution in [-0.4, -0.2) is 31.3 Å². The highest BCUT2D eigenvalue weighted by atomic mass is 35.5. The Hall–Kier alpha value is -1.26. The summed E-state index contributed by atoms with van der Waals surface area (Å²) < 4.78 is 11.3. The Balaban J connectivity index is 1.91. The summed E-state index contributed by atoms with van der Waals surface area (Å²) in [4.78, 5) is 12.2. The number of ether oxygens (including phenoxy) is 2. The first kappa shape index (κ1) is 16.1. The second-order valence-corrected chi connectivity index (χ2v) is 5.74. The second kappa shape index (κ2) is 7.66. The van der Waals surface area contributed by atoms with Gasteiger partial charge in [-0.15, -0.1) is 0 Å². The van der Waals surface area contributed by atoms with E-state index in [-0.39, 0.29) is 12.0 Å². The zero-order valence-corrected chi connectivity index (χ0v) is 13.3. The van der Waals surface area contributed by atoms with E-state index in [9.17, 15) is 4.79 Å². The number of halogens is 1. The molecule has 1 amide bonds. The summed E-state index contributed by atoms with van der Waals surface area (Å²) in [6.45, 7) is 5.20. The molecule has 1 heterocycles. The van der Waals surface area contributed by atoms with Crippen LogP contribution in [0.5, 0.6) is 5.75 Å². The molecule has 0 saturated carbocycles. The first-order valence-corrected chi connectivity index (χ1v) is 7.80. The summed E-state index contributed by atoms with van der Waals surface area (Å²) in [6.07, 6.45) is 2.25. The quantitative estimate of drug-likeness (QED) is 0.878. The van der Waals surface area contributed by atoms with Crippen molar-refractivity contribution in [1.29, 1.82) is 0 Å². The van der Waals surface area contributed by atoms with Gasteiger partial charge < -0.3 is 14.8 Å². The van der Waals surface area contributed by atoms with Crippen LogP contribution in [0.4, 0.5) is 0 Å². The Morgan fingerprint density at radius 3 is 3.05 bits per heavy atom. The van der Waals surface area contributed by atoms with Gasteiger partial charge in [0.15, 0.2) is 6.10 Å². The van der Waals surface area contributed by atoms with E-state index < -0.39 is 6.10 Å². The number of hydrogen-bond donors (Lipinski definition) is 1. The molecule has 0 unspecified atom stereocenters. The Kier molecular flexibility index (Phi) is 5.88. The highest BCUT2D eigenvalue weighted by molar-refractivity contribution is 6.32. The third kappa shape index (κ3) is 4.61.